The van der Waals surface area contributed by atoms with Gasteiger partial charge in [-0.15, -0.1) is 0 Å². The highest BCUT2D eigenvalue weighted by atomic mass is 32.2. The molecule has 3 N–H and O–H groups in total. The predicted octanol–water partition coefficient (Wildman–Crippen LogP) is -0.0702. The molecule has 0 radical (unpaired) electrons. The standard InChI is InChI=1S/C5H11NO3S.C2HF3O2/c1-10(8,9)4-2-3-5(6)7;3-2(4,5)1(6)7/h2-4H2,1H3,(H2,6,7);(H,6,7). The Bertz CT molecular complexity index is 362. The van der Waals surface area contributed by atoms with Crippen LogP contribution in [-0.2, 0) is 19.4 Å². The van der Waals surface area contributed by atoms with Gasteiger partial charge < -0.3 is 10.8 Å². The number of carbonyl (C=O) groups excluding carboxylic acids is 1. The van der Waals surface area contributed by atoms with Crippen molar-refractivity contribution in [2.75, 3.05) is 12.0 Å². The molecule has 0 aromatic rings. The normalized spacial score (nSPS) is 11.3. The van der Waals surface area contributed by atoms with Crippen molar-refractivity contribution >= 4 is 21.7 Å². The molecule has 0 aliphatic carbocycles. The van der Waals surface area contributed by atoms with Crippen LogP contribution >= 0.6 is 0 Å². The van der Waals surface area contributed by atoms with Crippen molar-refractivity contribution in [1.29, 1.82) is 0 Å². The molecule has 0 bridgehead atoms. The van der Waals surface area contributed by atoms with E-state index in [0.717, 1.165) is 6.26 Å². The van der Waals surface area contributed by atoms with Crippen LogP contribution in [0.15, 0.2) is 0 Å². The summed E-state index contributed by atoms with van der Waals surface area (Å²) in [5, 5.41) is 7.12. The number of carboxylic acids is 1. The second-order valence-electron chi connectivity index (χ2n) is 3.00. The van der Waals surface area contributed by atoms with E-state index in [4.69, 9.17) is 15.6 Å². The highest BCUT2D eigenvalue weighted by Crippen LogP contribution is 2.13. The molecule has 0 aromatic carbocycles. The second kappa shape index (κ2) is 7.09. The Morgan fingerprint density at radius 3 is 1.82 bits per heavy atom. The summed E-state index contributed by atoms with van der Waals surface area (Å²) in [6, 6.07) is 0. The minimum atomic E-state index is -5.08. The molecule has 0 atom stereocenters. The van der Waals surface area contributed by atoms with E-state index in [1.807, 2.05) is 0 Å². The van der Waals surface area contributed by atoms with Crippen molar-refractivity contribution in [3.8, 4) is 0 Å². The number of hydrogen-bond donors (Lipinski definition) is 2. The smallest absolute Gasteiger partial charge is 0.475 e. The Hall–Kier alpha value is -1.32. The van der Waals surface area contributed by atoms with Gasteiger partial charge in [0.15, 0.2) is 0 Å². The number of carboxylic acid groups (broad SMARTS) is 1. The average molecular weight is 279 g/mol. The summed E-state index contributed by atoms with van der Waals surface area (Å²) in [4.78, 5) is 19.0. The van der Waals surface area contributed by atoms with Gasteiger partial charge >= 0.3 is 12.1 Å². The maximum atomic E-state index is 10.6. The van der Waals surface area contributed by atoms with Crippen molar-refractivity contribution in [2.24, 2.45) is 5.73 Å². The van der Waals surface area contributed by atoms with E-state index in [-0.39, 0.29) is 12.2 Å². The van der Waals surface area contributed by atoms with E-state index in [1.165, 1.54) is 0 Å². The number of sulfone groups is 1. The highest BCUT2D eigenvalue weighted by molar-refractivity contribution is 7.90. The Morgan fingerprint density at radius 2 is 1.65 bits per heavy atom. The molecule has 0 rings (SSSR count). The summed E-state index contributed by atoms with van der Waals surface area (Å²) >= 11 is 0. The third kappa shape index (κ3) is 17.3. The molecule has 10 heteroatoms. The fraction of sp³-hybridized carbons (Fsp3) is 0.714. The van der Waals surface area contributed by atoms with Gasteiger partial charge in [0.25, 0.3) is 0 Å². The maximum Gasteiger partial charge on any atom is 0.490 e. The van der Waals surface area contributed by atoms with E-state index in [0.29, 0.717) is 6.42 Å². The van der Waals surface area contributed by atoms with Gasteiger partial charge in [-0.2, -0.15) is 13.2 Å². The Morgan fingerprint density at radius 1 is 1.29 bits per heavy atom. The van der Waals surface area contributed by atoms with E-state index >= 15 is 0 Å². The predicted molar refractivity (Wildman–Crippen MR) is 51.8 cm³/mol. The average Bonchev–Trinajstić information content (AvgIpc) is 1.99. The first-order valence-corrected chi connectivity index (χ1v) is 6.18. The van der Waals surface area contributed by atoms with E-state index in [1.54, 1.807) is 0 Å². The summed E-state index contributed by atoms with van der Waals surface area (Å²) in [6.45, 7) is 0. The van der Waals surface area contributed by atoms with Gasteiger partial charge in [-0.25, -0.2) is 13.2 Å². The lowest BCUT2D eigenvalue weighted by Crippen LogP contribution is -2.21. The van der Waals surface area contributed by atoms with Crippen molar-refractivity contribution in [3.63, 3.8) is 0 Å². The molecule has 0 fully saturated rings. The summed E-state index contributed by atoms with van der Waals surface area (Å²) < 4.78 is 52.7. The Balaban J connectivity index is 0. The fourth-order valence-electron chi connectivity index (χ4n) is 0.509. The van der Waals surface area contributed by atoms with Crippen LogP contribution < -0.4 is 5.73 Å². The molecule has 102 valence electrons. The van der Waals surface area contributed by atoms with Crippen LogP contribution in [-0.4, -0.2) is 43.6 Å². The van der Waals surface area contributed by atoms with Crippen molar-refractivity contribution in [3.05, 3.63) is 0 Å². The van der Waals surface area contributed by atoms with Crippen molar-refractivity contribution in [1.82, 2.24) is 0 Å². The van der Waals surface area contributed by atoms with Gasteiger partial charge in [-0.1, -0.05) is 0 Å². The number of halogens is 3. The molecule has 0 saturated heterocycles. The van der Waals surface area contributed by atoms with Gasteiger partial charge in [0.1, 0.15) is 9.84 Å². The number of primary amides is 1. The minimum absolute atomic E-state index is 0.0376. The number of amides is 1. The number of nitrogens with two attached hydrogens (primary N) is 1. The van der Waals surface area contributed by atoms with E-state index in [9.17, 15) is 26.4 Å². The molecule has 0 saturated carbocycles. The zero-order valence-corrected chi connectivity index (χ0v) is 9.64. The van der Waals surface area contributed by atoms with E-state index in [2.05, 4.69) is 0 Å². The third-order valence-electron chi connectivity index (χ3n) is 1.18. The number of aliphatic carboxylic acids is 1. The first-order valence-electron chi connectivity index (χ1n) is 4.12. The maximum absolute atomic E-state index is 10.6. The van der Waals surface area contributed by atoms with Crippen LogP contribution in [0.2, 0.25) is 0 Å². The third-order valence-corrected chi connectivity index (χ3v) is 2.21. The molecule has 0 aliphatic heterocycles. The molecule has 1 amide bonds. The van der Waals surface area contributed by atoms with Crippen LogP contribution in [0.25, 0.3) is 0 Å². The molecule has 0 spiro atoms. The lowest BCUT2D eigenvalue weighted by atomic mass is 10.3. The molecular formula is C7H12F3NO5S. The molecule has 0 unspecified atom stereocenters. The zero-order chi connectivity index (χ0) is 14.3. The molecule has 6 nitrogen and oxygen atoms in total. The summed E-state index contributed by atoms with van der Waals surface area (Å²) in [6.07, 6.45) is -3.48. The largest absolute Gasteiger partial charge is 0.490 e. The van der Waals surface area contributed by atoms with Crippen LogP contribution in [0.3, 0.4) is 0 Å². The molecule has 17 heavy (non-hydrogen) atoms. The highest BCUT2D eigenvalue weighted by Gasteiger charge is 2.38. The number of carbonyl (C=O) groups is 2. The topological polar surface area (TPSA) is 115 Å². The van der Waals surface area contributed by atoms with Gasteiger partial charge in [-0.05, 0) is 6.42 Å². The lowest BCUT2D eigenvalue weighted by molar-refractivity contribution is -0.192. The number of rotatable bonds is 4. The van der Waals surface area contributed by atoms with Crippen LogP contribution in [0.4, 0.5) is 13.2 Å². The first kappa shape index (κ1) is 18.1. The Kier molecular flexibility index (Phi) is 7.53. The van der Waals surface area contributed by atoms with Gasteiger partial charge in [0, 0.05) is 12.7 Å². The number of hydrogen-bond acceptors (Lipinski definition) is 4. The minimum Gasteiger partial charge on any atom is -0.475 e. The molecular weight excluding hydrogens is 267 g/mol. The van der Waals surface area contributed by atoms with Crippen LogP contribution in [0.1, 0.15) is 12.8 Å². The molecule has 0 aromatic heterocycles. The summed E-state index contributed by atoms with van der Waals surface area (Å²) in [5.41, 5.74) is 4.79. The van der Waals surface area contributed by atoms with Crippen LogP contribution in [0, 0.1) is 0 Å². The van der Waals surface area contributed by atoms with Crippen molar-refractivity contribution < 1.29 is 36.3 Å². The SMILES string of the molecule is CS(=O)(=O)CCCC(N)=O.O=C(O)C(F)(F)F. The summed E-state index contributed by atoms with van der Waals surface area (Å²) in [7, 11) is -2.93. The van der Waals surface area contributed by atoms with Crippen LogP contribution in [0.5, 0.6) is 0 Å². The second-order valence-corrected chi connectivity index (χ2v) is 5.26. The number of alkyl halides is 3. The summed E-state index contributed by atoms with van der Waals surface area (Å²) in [5.74, 6) is -3.17. The first-order chi connectivity index (χ1) is 7.36. The van der Waals surface area contributed by atoms with Gasteiger partial charge in [-0.3, -0.25) is 4.79 Å². The Labute approximate surface area is 95.5 Å². The molecule has 0 aliphatic rings. The quantitative estimate of drug-likeness (QED) is 0.747. The van der Waals surface area contributed by atoms with E-state index < -0.39 is 27.9 Å². The van der Waals surface area contributed by atoms with Gasteiger partial charge in [0.05, 0.1) is 5.75 Å². The fourth-order valence-corrected chi connectivity index (χ4v) is 1.18. The zero-order valence-electron chi connectivity index (χ0n) is 8.82. The van der Waals surface area contributed by atoms with Gasteiger partial charge in [0.2, 0.25) is 5.91 Å². The monoisotopic (exact) mass is 279 g/mol. The van der Waals surface area contributed by atoms with Crippen molar-refractivity contribution in [2.45, 2.75) is 19.0 Å². The molecule has 0 heterocycles. The lowest BCUT2D eigenvalue weighted by Gasteiger charge is -1.93.